The van der Waals surface area contributed by atoms with Crippen LogP contribution in [0.4, 0.5) is 16.2 Å². The summed E-state index contributed by atoms with van der Waals surface area (Å²) in [7, 11) is 3.35. The van der Waals surface area contributed by atoms with Crippen LogP contribution in [0.15, 0.2) is 53.7 Å². The highest BCUT2D eigenvalue weighted by molar-refractivity contribution is 7.80. The number of ether oxygens (including phenoxy) is 2. The monoisotopic (exact) mass is 538 g/mol. The zero-order valence-electron chi connectivity index (χ0n) is 23.2. The van der Waals surface area contributed by atoms with Crippen molar-refractivity contribution in [1.82, 2.24) is 10.2 Å². The fourth-order valence-corrected chi connectivity index (χ4v) is 4.67. The molecule has 0 aromatic heterocycles. The lowest BCUT2D eigenvalue weighted by Crippen LogP contribution is -2.46. The van der Waals surface area contributed by atoms with Crippen molar-refractivity contribution in [2.24, 2.45) is 0 Å². The van der Waals surface area contributed by atoms with E-state index >= 15 is 0 Å². The lowest BCUT2D eigenvalue weighted by atomic mass is 9.93. The number of nitrogens with zero attached hydrogens (tertiary/aromatic N) is 1. The molecular weight excluding hydrogens is 500 g/mol. The van der Waals surface area contributed by atoms with Crippen molar-refractivity contribution < 1.29 is 19.1 Å². The summed E-state index contributed by atoms with van der Waals surface area (Å²) in [5.74, 6) is 0.0570. The van der Waals surface area contributed by atoms with Crippen LogP contribution in [-0.4, -0.2) is 49.4 Å². The largest absolute Gasteiger partial charge is 0.460 e. The topological polar surface area (TPSA) is 91.9 Å². The summed E-state index contributed by atoms with van der Waals surface area (Å²) in [4.78, 5) is 27.9. The number of rotatable bonds is 9. The Morgan fingerprint density at radius 1 is 1.03 bits per heavy atom. The zero-order valence-corrected chi connectivity index (χ0v) is 24.0. The van der Waals surface area contributed by atoms with Crippen molar-refractivity contribution in [3.05, 3.63) is 70.4 Å². The SMILES string of the molecule is COCCOC(=O)C1=C(C)N(C)C(=S)NC1c1cccc(NC(=O)Nc2c(C(C)C)cccc2C(C)C)c1. The predicted molar refractivity (Wildman–Crippen MR) is 155 cm³/mol. The van der Waals surface area contributed by atoms with Crippen LogP contribution in [0.25, 0.3) is 0 Å². The molecule has 0 bridgehead atoms. The summed E-state index contributed by atoms with van der Waals surface area (Å²) in [6.45, 7) is 10.7. The van der Waals surface area contributed by atoms with E-state index in [4.69, 9.17) is 21.7 Å². The molecule has 1 atom stereocenters. The molecule has 0 spiro atoms. The van der Waals surface area contributed by atoms with Gasteiger partial charge in [-0.25, -0.2) is 9.59 Å². The number of hydrogen-bond donors (Lipinski definition) is 3. The molecule has 1 aliphatic rings. The first-order valence-corrected chi connectivity index (χ1v) is 13.2. The molecule has 0 saturated heterocycles. The maximum absolute atomic E-state index is 13.1. The molecule has 2 aromatic carbocycles. The van der Waals surface area contributed by atoms with E-state index in [1.165, 1.54) is 0 Å². The third-order valence-corrected chi connectivity index (χ3v) is 6.98. The van der Waals surface area contributed by atoms with Gasteiger partial charge in [-0.3, -0.25) is 0 Å². The Morgan fingerprint density at radius 3 is 2.26 bits per heavy atom. The first kappa shape index (κ1) is 29.1. The normalized spacial score (nSPS) is 15.6. The molecule has 204 valence electrons. The van der Waals surface area contributed by atoms with E-state index in [0.717, 1.165) is 22.4 Å². The number of methoxy groups -OCH3 is 1. The van der Waals surface area contributed by atoms with Gasteiger partial charge in [-0.05, 0) is 59.8 Å². The van der Waals surface area contributed by atoms with Crippen LogP contribution in [0.1, 0.15) is 69.2 Å². The van der Waals surface area contributed by atoms with Gasteiger partial charge in [-0.1, -0.05) is 58.0 Å². The van der Waals surface area contributed by atoms with Crippen molar-refractivity contribution >= 4 is 40.7 Å². The van der Waals surface area contributed by atoms with Crippen LogP contribution >= 0.6 is 12.2 Å². The van der Waals surface area contributed by atoms with Crippen LogP contribution in [0.2, 0.25) is 0 Å². The third kappa shape index (κ3) is 6.71. The molecular formula is C29H38N4O4S. The summed E-state index contributed by atoms with van der Waals surface area (Å²) in [6.07, 6.45) is 0. The highest BCUT2D eigenvalue weighted by Crippen LogP contribution is 2.34. The van der Waals surface area contributed by atoms with Gasteiger partial charge in [0.2, 0.25) is 0 Å². The van der Waals surface area contributed by atoms with Crippen molar-refractivity contribution in [3.63, 3.8) is 0 Å². The van der Waals surface area contributed by atoms with Crippen LogP contribution in [0.3, 0.4) is 0 Å². The van der Waals surface area contributed by atoms with Crippen LogP contribution in [0, 0.1) is 0 Å². The molecule has 3 rings (SSSR count). The summed E-state index contributed by atoms with van der Waals surface area (Å²) < 4.78 is 10.4. The molecule has 2 aromatic rings. The van der Waals surface area contributed by atoms with Gasteiger partial charge < -0.3 is 30.3 Å². The van der Waals surface area contributed by atoms with Crippen LogP contribution < -0.4 is 16.0 Å². The van der Waals surface area contributed by atoms with E-state index in [1.807, 2.05) is 43.3 Å². The van der Waals surface area contributed by atoms with E-state index in [9.17, 15) is 9.59 Å². The number of carbonyl (C=O) groups excluding carboxylic acids is 2. The number of hydrogen-bond acceptors (Lipinski definition) is 5. The Bertz CT molecular complexity index is 1200. The molecule has 38 heavy (non-hydrogen) atoms. The first-order chi connectivity index (χ1) is 18.0. The van der Waals surface area contributed by atoms with E-state index in [2.05, 4.69) is 43.6 Å². The number of allylic oxidation sites excluding steroid dienone is 1. The second kappa shape index (κ2) is 12.9. The molecule has 1 aliphatic heterocycles. The Kier molecular flexibility index (Phi) is 9.88. The number of esters is 1. The minimum absolute atomic E-state index is 0.144. The lowest BCUT2D eigenvalue weighted by Gasteiger charge is -2.35. The standard InChI is InChI=1S/C29H38N4O4S/c1-17(2)22-12-9-13-23(18(3)4)26(22)31-28(35)30-21-11-8-10-20(16-21)25-24(27(34)37-15-14-36-7)19(5)33(6)29(38)32-25/h8-13,16-18,25H,14-15H2,1-7H3,(H,32,38)(H2,30,31,35). The van der Waals surface area contributed by atoms with Gasteiger partial charge in [0, 0.05) is 31.2 Å². The fourth-order valence-electron chi connectivity index (χ4n) is 4.41. The van der Waals surface area contributed by atoms with E-state index in [-0.39, 0.29) is 24.5 Å². The summed E-state index contributed by atoms with van der Waals surface area (Å²) in [5, 5.41) is 9.75. The van der Waals surface area contributed by atoms with E-state index in [1.54, 1.807) is 25.1 Å². The third-order valence-electron chi connectivity index (χ3n) is 6.58. The summed E-state index contributed by atoms with van der Waals surface area (Å²) in [6, 6.07) is 12.6. The molecule has 8 nitrogen and oxygen atoms in total. The van der Waals surface area contributed by atoms with Crippen molar-refractivity contribution in [2.45, 2.75) is 52.5 Å². The van der Waals surface area contributed by atoms with E-state index in [0.29, 0.717) is 28.7 Å². The predicted octanol–water partition coefficient (Wildman–Crippen LogP) is 5.90. The molecule has 1 heterocycles. The average molecular weight is 539 g/mol. The molecule has 0 saturated carbocycles. The minimum Gasteiger partial charge on any atom is -0.460 e. The Balaban J connectivity index is 1.87. The van der Waals surface area contributed by atoms with Gasteiger partial charge in [0.05, 0.1) is 18.2 Å². The summed E-state index contributed by atoms with van der Waals surface area (Å²) in [5.41, 5.74) is 5.51. The van der Waals surface area contributed by atoms with Gasteiger partial charge >= 0.3 is 12.0 Å². The number of para-hydroxylation sites is 1. The molecule has 0 aliphatic carbocycles. The molecule has 1 unspecified atom stereocenters. The second-order valence-corrected chi connectivity index (χ2v) is 10.3. The van der Waals surface area contributed by atoms with Gasteiger partial charge in [0.25, 0.3) is 0 Å². The number of benzene rings is 2. The van der Waals surface area contributed by atoms with Crippen LogP contribution in [-0.2, 0) is 14.3 Å². The Morgan fingerprint density at radius 2 is 1.66 bits per heavy atom. The van der Waals surface area contributed by atoms with Crippen LogP contribution in [0.5, 0.6) is 0 Å². The quantitative estimate of drug-likeness (QED) is 0.208. The number of amides is 2. The van der Waals surface area contributed by atoms with E-state index < -0.39 is 12.0 Å². The van der Waals surface area contributed by atoms with Gasteiger partial charge in [0.1, 0.15) is 6.61 Å². The molecule has 0 fully saturated rings. The minimum atomic E-state index is -0.534. The number of urea groups is 1. The Labute approximate surface area is 230 Å². The maximum atomic E-state index is 13.1. The van der Waals surface area contributed by atoms with Gasteiger partial charge in [-0.2, -0.15) is 0 Å². The maximum Gasteiger partial charge on any atom is 0.338 e. The van der Waals surface area contributed by atoms with Gasteiger partial charge in [0.15, 0.2) is 5.11 Å². The smallest absolute Gasteiger partial charge is 0.338 e. The average Bonchev–Trinajstić information content (AvgIpc) is 2.87. The number of carbonyl (C=O) groups is 2. The number of anilines is 2. The molecule has 0 radical (unpaired) electrons. The number of thiocarbonyl (C=S) groups is 1. The summed E-state index contributed by atoms with van der Waals surface area (Å²) >= 11 is 5.50. The molecule has 9 heteroatoms. The zero-order chi connectivity index (χ0) is 28.0. The highest BCUT2D eigenvalue weighted by Gasteiger charge is 2.33. The fraction of sp³-hybridized carbons (Fsp3) is 0.414. The van der Waals surface area contributed by atoms with Crippen molar-refractivity contribution in [3.8, 4) is 0 Å². The second-order valence-electron chi connectivity index (χ2n) is 9.89. The Hall–Kier alpha value is -3.43. The van der Waals surface area contributed by atoms with Crippen molar-refractivity contribution in [2.75, 3.05) is 38.0 Å². The number of nitrogens with one attached hydrogen (secondary N) is 3. The van der Waals surface area contributed by atoms with Gasteiger partial charge in [-0.15, -0.1) is 0 Å². The molecule has 3 N–H and O–H groups in total. The highest BCUT2D eigenvalue weighted by atomic mass is 32.1. The van der Waals surface area contributed by atoms with Crippen molar-refractivity contribution in [1.29, 1.82) is 0 Å². The lowest BCUT2D eigenvalue weighted by molar-refractivity contribution is -0.140. The molecule has 2 amide bonds. The first-order valence-electron chi connectivity index (χ1n) is 12.8.